The molecular weight excluding hydrogens is 516 g/mol. The minimum absolute atomic E-state index is 0.00636. The molecule has 0 aromatic heterocycles. The Kier molecular flexibility index (Phi) is 5.98. The molecule has 1 amide bonds. The molecule has 1 aromatic rings. The van der Waals surface area contributed by atoms with Gasteiger partial charge in [0.2, 0.25) is 5.78 Å². The first kappa shape index (κ1) is 27.2. The van der Waals surface area contributed by atoms with Crippen molar-refractivity contribution in [2.45, 2.75) is 57.0 Å². The molecule has 0 saturated heterocycles. The third-order valence-electron chi connectivity index (χ3n) is 8.91. The third kappa shape index (κ3) is 3.44. The molecule has 0 unspecified atom stereocenters. The summed E-state index contributed by atoms with van der Waals surface area (Å²) in [5, 5.41) is 45.0. The molecule has 1 heterocycles. The number of aromatic hydroxyl groups is 1. The smallest absolute Gasteiger partial charge is 0.255 e. The van der Waals surface area contributed by atoms with E-state index in [0.717, 1.165) is 0 Å². The van der Waals surface area contributed by atoms with Gasteiger partial charge in [0.25, 0.3) is 5.91 Å². The second-order valence-corrected chi connectivity index (χ2v) is 11.7. The van der Waals surface area contributed by atoms with Crippen LogP contribution in [0.1, 0.15) is 42.5 Å². The van der Waals surface area contributed by atoms with Crippen molar-refractivity contribution in [3.63, 3.8) is 0 Å². The SMILES string of the molecule is CN(C)[C@@H]1C(=O)C(C(N)=O)=C(O)[C@@]2(O)C(=O)C3=C(O)c4c(O)c5c(c(F)c4C[C@H]3C[C@@H]12)CN(C(C)(C)CF)C5. The number of Topliss-reactive ketones (excluding diaryl/α,β-unsaturated/α-hetero) is 2. The molecular formula is C27H31F2N3O7. The molecule has 210 valence electrons. The number of hydrogen-bond acceptors (Lipinski definition) is 9. The van der Waals surface area contributed by atoms with Crippen molar-refractivity contribution in [3.05, 3.63) is 45.0 Å². The highest BCUT2D eigenvalue weighted by Crippen LogP contribution is 2.54. The van der Waals surface area contributed by atoms with Gasteiger partial charge in [-0.2, -0.15) is 0 Å². The topological polar surface area (TPSA) is 165 Å². The first-order chi connectivity index (χ1) is 18.1. The minimum Gasteiger partial charge on any atom is -0.508 e. The number of alkyl halides is 1. The van der Waals surface area contributed by atoms with E-state index in [4.69, 9.17) is 5.73 Å². The van der Waals surface area contributed by atoms with Crippen molar-refractivity contribution < 1.29 is 43.6 Å². The van der Waals surface area contributed by atoms with Crippen LogP contribution in [0, 0.1) is 17.7 Å². The zero-order valence-corrected chi connectivity index (χ0v) is 22.0. The Hall–Kier alpha value is -3.35. The Morgan fingerprint density at radius 2 is 1.77 bits per heavy atom. The average Bonchev–Trinajstić information content (AvgIpc) is 3.31. The molecule has 12 heteroatoms. The molecule has 6 N–H and O–H groups in total. The van der Waals surface area contributed by atoms with Gasteiger partial charge in [0.1, 0.15) is 35.3 Å². The Bertz CT molecular complexity index is 1420. The van der Waals surface area contributed by atoms with Crippen LogP contribution < -0.4 is 5.73 Å². The maximum Gasteiger partial charge on any atom is 0.255 e. The Morgan fingerprint density at radius 1 is 1.15 bits per heavy atom. The second-order valence-electron chi connectivity index (χ2n) is 11.7. The second kappa shape index (κ2) is 8.57. The highest BCUT2D eigenvalue weighted by Gasteiger charge is 2.64. The average molecular weight is 548 g/mol. The number of halogens is 2. The number of aliphatic hydroxyl groups excluding tert-OH is 2. The maximum absolute atomic E-state index is 15.9. The van der Waals surface area contributed by atoms with Gasteiger partial charge in [0.05, 0.1) is 11.6 Å². The number of phenols is 1. The zero-order valence-electron chi connectivity index (χ0n) is 22.0. The van der Waals surface area contributed by atoms with Crippen LogP contribution in [0.25, 0.3) is 5.76 Å². The number of nitrogens with two attached hydrogens (primary N) is 1. The minimum atomic E-state index is -2.77. The lowest BCUT2D eigenvalue weighted by atomic mass is 9.57. The van der Waals surface area contributed by atoms with E-state index in [0.29, 0.717) is 0 Å². The molecule has 4 atom stereocenters. The van der Waals surface area contributed by atoms with Crippen LogP contribution >= 0.6 is 0 Å². The maximum atomic E-state index is 15.9. The van der Waals surface area contributed by atoms with Gasteiger partial charge in [-0.1, -0.05) is 0 Å². The number of benzene rings is 1. The van der Waals surface area contributed by atoms with Gasteiger partial charge in [-0.3, -0.25) is 24.2 Å². The number of carbonyl (C=O) groups excluding carboxylic acids is 3. The first-order valence-electron chi connectivity index (χ1n) is 12.6. The fourth-order valence-corrected chi connectivity index (χ4v) is 6.73. The van der Waals surface area contributed by atoms with E-state index in [1.807, 2.05) is 0 Å². The van der Waals surface area contributed by atoms with Gasteiger partial charge in [-0.05, 0) is 46.7 Å². The number of phenolic OH excluding ortho intramolecular Hbond substituents is 1. The van der Waals surface area contributed by atoms with Crippen LogP contribution in [-0.2, 0) is 33.9 Å². The Balaban J connectivity index is 1.70. The van der Waals surface area contributed by atoms with Crippen molar-refractivity contribution in [3.8, 4) is 5.75 Å². The Morgan fingerprint density at radius 3 is 2.33 bits per heavy atom. The van der Waals surface area contributed by atoms with Crippen LogP contribution in [0.2, 0.25) is 0 Å². The number of fused-ring (bicyclic) bond motifs is 4. The summed E-state index contributed by atoms with van der Waals surface area (Å²) < 4.78 is 29.6. The van der Waals surface area contributed by atoms with Crippen molar-refractivity contribution in [2.75, 3.05) is 20.8 Å². The zero-order chi connectivity index (χ0) is 28.9. The third-order valence-corrected chi connectivity index (χ3v) is 8.91. The molecule has 39 heavy (non-hydrogen) atoms. The van der Waals surface area contributed by atoms with Gasteiger partial charge in [-0.15, -0.1) is 0 Å². The fraction of sp³-hybridized carbons (Fsp3) is 0.519. The first-order valence-corrected chi connectivity index (χ1v) is 12.6. The quantitative estimate of drug-likeness (QED) is 0.348. The number of nitrogens with zero attached hydrogens (tertiary/aromatic N) is 2. The molecule has 4 aliphatic rings. The van der Waals surface area contributed by atoms with Crippen LogP contribution in [0.3, 0.4) is 0 Å². The molecule has 1 fully saturated rings. The molecule has 3 aliphatic carbocycles. The fourth-order valence-electron chi connectivity index (χ4n) is 6.73. The van der Waals surface area contributed by atoms with E-state index >= 15 is 4.39 Å². The number of amides is 1. The van der Waals surface area contributed by atoms with Gasteiger partial charge < -0.3 is 26.2 Å². The molecule has 10 nitrogen and oxygen atoms in total. The number of hydrogen-bond donors (Lipinski definition) is 5. The molecule has 1 aromatic carbocycles. The van der Waals surface area contributed by atoms with Gasteiger partial charge in [-0.25, -0.2) is 8.78 Å². The molecule has 5 rings (SSSR count). The number of aliphatic hydroxyl groups is 3. The molecule has 1 aliphatic heterocycles. The molecule has 0 bridgehead atoms. The van der Waals surface area contributed by atoms with Crippen LogP contribution in [0.4, 0.5) is 8.78 Å². The normalized spacial score (nSPS) is 29.0. The van der Waals surface area contributed by atoms with E-state index in [-0.39, 0.29) is 53.8 Å². The summed E-state index contributed by atoms with van der Waals surface area (Å²) in [5.41, 5.74) is 0.349. The number of carbonyl (C=O) groups is 3. The summed E-state index contributed by atoms with van der Waals surface area (Å²) >= 11 is 0. The van der Waals surface area contributed by atoms with E-state index in [9.17, 15) is 39.2 Å². The number of rotatable bonds is 4. The highest BCUT2D eigenvalue weighted by atomic mass is 19.1. The van der Waals surface area contributed by atoms with Gasteiger partial charge in [0, 0.05) is 46.8 Å². The monoisotopic (exact) mass is 547 g/mol. The van der Waals surface area contributed by atoms with Crippen molar-refractivity contribution in [2.24, 2.45) is 17.6 Å². The van der Waals surface area contributed by atoms with Gasteiger partial charge >= 0.3 is 0 Å². The molecule has 0 spiro atoms. The van der Waals surface area contributed by atoms with Crippen molar-refractivity contribution in [1.82, 2.24) is 9.80 Å². The van der Waals surface area contributed by atoms with E-state index in [1.165, 1.54) is 19.0 Å². The highest BCUT2D eigenvalue weighted by molar-refractivity contribution is 6.24. The van der Waals surface area contributed by atoms with Crippen molar-refractivity contribution in [1.29, 1.82) is 0 Å². The Labute approximate surface area is 223 Å². The van der Waals surface area contributed by atoms with Crippen molar-refractivity contribution >= 4 is 23.2 Å². The molecule has 0 radical (unpaired) electrons. The standard InChI is InChI=1S/C27H31F2N3O7/c1-26(2,9-28)32-7-12-13(8-32)20(33)16-11(18(12)29)5-10-6-14-19(31(3)4)22(35)17(25(30)38)24(37)27(14,39)23(36)15(10)21(16)34/h10,14,19,33-34,37,39H,5-9H2,1-4H3,(H2,30,38)/t10-,14-,19-,27-/m0/s1. The lowest BCUT2D eigenvalue weighted by Crippen LogP contribution is -2.65. The largest absolute Gasteiger partial charge is 0.508 e. The predicted molar refractivity (Wildman–Crippen MR) is 134 cm³/mol. The summed E-state index contributed by atoms with van der Waals surface area (Å²) in [5.74, 6) is -8.55. The lowest BCUT2D eigenvalue weighted by Gasteiger charge is -2.50. The summed E-state index contributed by atoms with van der Waals surface area (Å²) in [7, 11) is 3.00. The summed E-state index contributed by atoms with van der Waals surface area (Å²) in [6.07, 6.45) is -0.280. The van der Waals surface area contributed by atoms with Gasteiger partial charge in [0.15, 0.2) is 11.4 Å². The number of likely N-dealkylation sites (N-methyl/N-ethyl adjacent to an activating group) is 1. The van der Waals surface area contributed by atoms with E-state index in [2.05, 4.69) is 0 Å². The summed E-state index contributed by atoms with van der Waals surface area (Å²) in [6.45, 7) is 2.61. The predicted octanol–water partition coefficient (Wildman–Crippen LogP) is 1.17. The summed E-state index contributed by atoms with van der Waals surface area (Å²) in [4.78, 5) is 42.1. The van der Waals surface area contributed by atoms with Crippen LogP contribution in [-0.4, -0.2) is 85.7 Å². The molecule has 1 saturated carbocycles. The van der Waals surface area contributed by atoms with E-state index in [1.54, 1.807) is 18.7 Å². The lowest BCUT2D eigenvalue weighted by molar-refractivity contribution is -0.153. The van der Waals surface area contributed by atoms with E-state index < -0.39 is 81.8 Å². The summed E-state index contributed by atoms with van der Waals surface area (Å²) in [6, 6.07) is -1.22. The number of ketones is 2. The number of primary amides is 1. The van der Waals surface area contributed by atoms with Crippen LogP contribution in [0.5, 0.6) is 5.75 Å². The van der Waals surface area contributed by atoms with Crippen LogP contribution in [0.15, 0.2) is 16.9 Å².